The summed E-state index contributed by atoms with van der Waals surface area (Å²) in [6.07, 6.45) is 1.27. The van der Waals surface area contributed by atoms with E-state index in [9.17, 15) is 24.0 Å². The van der Waals surface area contributed by atoms with Crippen LogP contribution in [0.2, 0.25) is 0 Å². The van der Waals surface area contributed by atoms with Crippen LogP contribution in [0.25, 0.3) is 0 Å². The van der Waals surface area contributed by atoms with E-state index in [1.807, 2.05) is 0 Å². The van der Waals surface area contributed by atoms with Crippen molar-refractivity contribution in [1.82, 2.24) is 15.8 Å². The number of nitrogens with one attached hydrogen (secondary N) is 2. The van der Waals surface area contributed by atoms with Crippen molar-refractivity contribution >= 4 is 29.5 Å². The largest absolute Gasteiger partial charge is 0.289 e. The van der Waals surface area contributed by atoms with Gasteiger partial charge in [-0.2, -0.15) is 5.01 Å². The number of carbonyl (C=O) groups excluding carboxylic acids is 5. The standard InChI is InChI=1S/C11H11N3O5/c15-7(13-14-9(17)3-4-10(14)18)2-1-6-5-8(16)12-11(6)19/h5H,1-4H2,(H,13,15)(H,12,16,19). The van der Waals surface area contributed by atoms with Crippen LogP contribution in [0.4, 0.5) is 0 Å². The molecule has 1 saturated heterocycles. The quantitative estimate of drug-likeness (QED) is 0.602. The molecule has 2 aliphatic rings. The number of hydrazine groups is 1. The Kier molecular flexibility index (Phi) is 3.41. The third-order valence-electron chi connectivity index (χ3n) is 2.74. The summed E-state index contributed by atoms with van der Waals surface area (Å²) in [6.45, 7) is 0. The summed E-state index contributed by atoms with van der Waals surface area (Å²) >= 11 is 0. The first-order valence-electron chi connectivity index (χ1n) is 5.68. The number of hydrogen-bond donors (Lipinski definition) is 2. The summed E-state index contributed by atoms with van der Waals surface area (Å²) in [7, 11) is 0. The smallest absolute Gasteiger partial charge is 0.254 e. The van der Waals surface area contributed by atoms with Gasteiger partial charge in [0.1, 0.15) is 0 Å². The summed E-state index contributed by atoms with van der Waals surface area (Å²) in [4.78, 5) is 56.1. The summed E-state index contributed by atoms with van der Waals surface area (Å²) < 4.78 is 0. The van der Waals surface area contributed by atoms with Crippen LogP contribution in [-0.4, -0.2) is 34.5 Å². The highest BCUT2D eigenvalue weighted by molar-refractivity contribution is 6.16. The molecule has 0 aromatic carbocycles. The zero-order valence-corrected chi connectivity index (χ0v) is 9.89. The van der Waals surface area contributed by atoms with Crippen molar-refractivity contribution in [2.24, 2.45) is 0 Å². The maximum absolute atomic E-state index is 11.5. The summed E-state index contributed by atoms with van der Waals surface area (Å²) in [5.74, 6) is -2.49. The van der Waals surface area contributed by atoms with Crippen LogP contribution in [0.5, 0.6) is 0 Å². The van der Waals surface area contributed by atoms with Gasteiger partial charge in [-0.1, -0.05) is 0 Å². The van der Waals surface area contributed by atoms with Gasteiger partial charge < -0.3 is 0 Å². The van der Waals surface area contributed by atoms with Gasteiger partial charge in [-0.15, -0.1) is 0 Å². The zero-order valence-electron chi connectivity index (χ0n) is 9.89. The average molecular weight is 265 g/mol. The lowest BCUT2D eigenvalue weighted by Crippen LogP contribution is -2.45. The Morgan fingerprint density at radius 2 is 1.84 bits per heavy atom. The maximum atomic E-state index is 11.5. The molecule has 2 N–H and O–H groups in total. The Balaban J connectivity index is 1.84. The molecule has 2 aliphatic heterocycles. The second-order valence-electron chi connectivity index (χ2n) is 4.15. The number of nitrogens with zero attached hydrogens (tertiary/aromatic N) is 1. The van der Waals surface area contributed by atoms with Crippen molar-refractivity contribution in [2.45, 2.75) is 25.7 Å². The lowest BCUT2D eigenvalue weighted by Gasteiger charge is -2.14. The third-order valence-corrected chi connectivity index (χ3v) is 2.74. The van der Waals surface area contributed by atoms with Gasteiger partial charge in [0.25, 0.3) is 11.8 Å². The Morgan fingerprint density at radius 3 is 2.37 bits per heavy atom. The number of hydrogen-bond acceptors (Lipinski definition) is 5. The fourth-order valence-corrected chi connectivity index (χ4v) is 1.77. The van der Waals surface area contributed by atoms with Crippen molar-refractivity contribution in [3.63, 3.8) is 0 Å². The minimum Gasteiger partial charge on any atom is -0.289 e. The minimum absolute atomic E-state index is 0.0691. The van der Waals surface area contributed by atoms with Gasteiger partial charge in [-0.3, -0.25) is 34.7 Å². The second kappa shape index (κ2) is 5.01. The first kappa shape index (κ1) is 12.9. The number of rotatable bonds is 4. The predicted octanol–water partition coefficient (Wildman–Crippen LogP) is -1.47. The molecule has 19 heavy (non-hydrogen) atoms. The topological polar surface area (TPSA) is 113 Å². The van der Waals surface area contributed by atoms with Crippen molar-refractivity contribution in [1.29, 1.82) is 0 Å². The molecule has 100 valence electrons. The van der Waals surface area contributed by atoms with Gasteiger partial charge in [0.15, 0.2) is 0 Å². The fraction of sp³-hybridized carbons (Fsp3) is 0.364. The molecule has 0 spiro atoms. The van der Waals surface area contributed by atoms with Crippen molar-refractivity contribution in [3.8, 4) is 0 Å². The predicted molar refractivity (Wildman–Crippen MR) is 59.7 cm³/mol. The van der Waals surface area contributed by atoms with Gasteiger partial charge >= 0.3 is 0 Å². The fourth-order valence-electron chi connectivity index (χ4n) is 1.77. The van der Waals surface area contributed by atoms with E-state index in [1.54, 1.807) is 0 Å². The van der Waals surface area contributed by atoms with E-state index in [0.717, 1.165) is 6.08 Å². The molecule has 2 heterocycles. The van der Waals surface area contributed by atoms with Crippen LogP contribution in [-0.2, 0) is 24.0 Å². The molecule has 0 aliphatic carbocycles. The molecule has 1 fully saturated rings. The normalized spacial score (nSPS) is 18.7. The van der Waals surface area contributed by atoms with Crippen LogP contribution >= 0.6 is 0 Å². The van der Waals surface area contributed by atoms with E-state index in [-0.39, 0.29) is 31.3 Å². The van der Waals surface area contributed by atoms with Crippen LogP contribution < -0.4 is 10.7 Å². The lowest BCUT2D eigenvalue weighted by atomic mass is 10.1. The van der Waals surface area contributed by atoms with E-state index in [4.69, 9.17) is 0 Å². The van der Waals surface area contributed by atoms with Crippen molar-refractivity contribution < 1.29 is 24.0 Å². The molecule has 0 bridgehead atoms. The molecular formula is C11H11N3O5. The molecule has 0 aromatic rings. The van der Waals surface area contributed by atoms with E-state index >= 15 is 0 Å². The van der Waals surface area contributed by atoms with Gasteiger partial charge in [0.2, 0.25) is 17.7 Å². The highest BCUT2D eigenvalue weighted by Crippen LogP contribution is 2.12. The highest BCUT2D eigenvalue weighted by atomic mass is 16.2. The molecule has 2 rings (SSSR count). The van der Waals surface area contributed by atoms with Crippen molar-refractivity contribution in [3.05, 3.63) is 11.6 Å². The monoisotopic (exact) mass is 265 g/mol. The van der Waals surface area contributed by atoms with Gasteiger partial charge in [0.05, 0.1) is 0 Å². The van der Waals surface area contributed by atoms with Gasteiger partial charge in [-0.05, 0) is 6.42 Å². The zero-order chi connectivity index (χ0) is 14.0. The van der Waals surface area contributed by atoms with Crippen LogP contribution in [0, 0.1) is 0 Å². The molecule has 0 unspecified atom stereocenters. The van der Waals surface area contributed by atoms with Gasteiger partial charge in [0, 0.05) is 30.9 Å². The molecule has 0 saturated carbocycles. The molecule has 0 aromatic heterocycles. The molecule has 0 atom stereocenters. The highest BCUT2D eigenvalue weighted by Gasteiger charge is 2.30. The third kappa shape index (κ3) is 2.84. The number of imide groups is 2. The first-order valence-corrected chi connectivity index (χ1v) is 5.68. The van der Waals surface area contributed by atoms with E-state index in [1.165, 1.54) is 0 Å². The van der Waals surface area contributed by atoms with Gasteiger partial charge in [-0.25, -0.2) is 0 Å². The molecule has 8 nitrogen and oxygen atoms in total. The van der Waals surface area contributed by atoms with Crippen molar-refractivity contribution in [2.75, 3.05) is 0 Å². The average Bonchev–Trinajstić information content (AvgIpc) is 2.83. The van der Waals surface area contributed by atoms with Crippen LogP contribution in [0.15, 0.2) is 11.6 Å². The van der Waals surface area contributed by atoms with E-state index in [2.05, 4.69) is 10.7 Å². The SMILES string of the molecule is O=C1C=C(CCC(=O)NN2C(=O)CCC2=O)C(=O)N1. The maximum Gasteiger partial charge on any atom is 0.254 e. The Hall–Kier alpha value is -2.51. The molecule has 8 heteroatoms. The molecule has 5 amide bonds. The Labute approximate surface area is 107 Å². The summed E-state index contributed by atoms with van der Waals surface area (Å²) in [5, 5.41) is 2.75. The second-order valence-corrected chi connectivity index (χ2v) is 4.15. The van der Waals surface area contributed by atoms with Crippen LogP contribution in [0.1, 0.15) is 25.7 Å². The minimum atomic E-state index is -0.559. The first-order chi connectivity index (χ1) is 8.97. The lowest BCUT2D eigenvalue weighted by molar-refractivity contribution is -0.147. The Morgan fingerprint density at radius 1 is 1.21 bits per heavy atom. The van der Waals surface area contributed by atoms with E-state index < -0.39 is 29.5 Å². The summed E-state index contributed by atoms with van der Waals surface area (Å²) in [5.41, 5.74) is 2.39. The van der Waals surface area contributed by atoms with Crippen LogP contribution in [0.3, 0.4) is 0 Å². The summed E-state index contributed by atoms with van der Waals surface area (Å²) in [6, 6.07) is 0. The Bertz CT molecular complexity index is 506. The molecular weight excluding hydrogens is 254 g/mol. The number of amides is 5. The molecule has 0 radical (unpaired) electrons. The van der Waals surface area contributed by atoms with E-state index in [0.29, 0.717) is 5.01 Å². The number of carbonyl (C=O) groups is 5.